The maximum atomic E-state index is 12.5. The van der Waals surface area contributed by atoms with Crippen molar-refractivity contribution >= 4 is 34.0 Å². The van der Waals surface area contributed by atoms with Crippen molar-refractivity contribution in [3.8, 4) is 6.07 Å². The highest BCUT2D eigenvalue weighted by molar-refractivity contribution is 7.89. The van der Waals surface area contributed by atoms with Gasteiger partial charge in [-0.1, -0.05) is 11.6 Å². The third kappa shape index (κ3) is 3.87. The molecule has 0 amide bonds. The molecule has 1 atom stereocenters. The van der Waals surface area contributed by atoms with Gasteiger partial charge < -0.3 is 5.32 Å². The Morgan fingerprint density at radius 1 is 1.52 bits per heavy atom. The van der Waals surface area contributed by atoms with Gasteiger partial charge in [0.05, 0.1) is 15.5 Å². The maximum Gasteiger partial charge on any atom is 0.243 e. The molecule has 1 aromatic carbocycles. The Balaban J connectivity index is 0.00000220. The smallest absolute Gasteiger partial charge is 0.243 e. The van der Waals surface area contributed by atoms with E-state index in [1.54, 1.807) is 0 Å². The first kappa shape index (κ1) is 18.2. The number of hydrogen-bond donors (Lipinski definition) is 1. The summed E-state index contributed by atoms with van der Waals surface area (Å²) in [7, 11) is -1.67. The van der Waals surface area contributed by atoms with Crippen LogP contribution in [0.25, 0.3) is 0 Å². The van der Waals surface area contributed by atoms with E-state index in [-0.39, 0.29) is 27.9 Å². The average Bonchev–Trinajstić information content (AvgIpc) is 2.88. The van der Waals surface area contributed by atoms with Crippen molar-refractivity contribution < 1.29 is 8.42 Å². The molecule has 1 fully saturated rings. The van der Waals surface area contributed by atoms with Crippen LogP contribution in [0, 0.1) is 17.2 Å². The van der Waals surface area contributed by atoms with Gasteiger partial charge in [-0.2, -0.15) is 9.57 Å². The van der Waals surface area contributed by atoms with Gasteiger partial charge in [0.1, 0.15) is 6.07 Å². The Bertz CT molecular complexity index is 643. The number of nitriles is 1. The summed E-state index contributed by atoms with van der Waals surface area (Å²) in [5, 5.41) is 12.0. The molecule has 0 radical (unpaired) electrons. The largest absolute Gasteiger partial charge is 0.319 e. The minimum atomic E-state index is -3.53. The molecule has 21 heavy (non-hydrogen) atoms. The molecule has 0 saturated carbocycles. The van der Waals surface area contributed by atoms with E-state index in [9.17, 15) is 8.42 Å². The van der Waals surface area contributed by atoms with E-state index in [1.807, 2.05) is 13.1 Å². The third-order valence-corrected chi connectivity index (χ3v) is 5.61. The Morgan fingerprint density at radius 2 is 2.24 bits per heavy atom. The second-order valence-corrected chi connectivity index (χ2v) is 7.17. The highest BCUT2D eigenvalue weighted by Crippen LogP contribution is 2.26. The highest BCUT2D eigenvalue weighted by Gasteiger charge is 2.32. The van der Waals surface area contributed by atoms with Crippen LogP contribution in [0.3, 0.4) is 0 Å². The van der Waals surface area contributed by atoms with E-state index in [0.29, 0.717) is 19.0 Å². The van der Waals surface area contributed by atoms with Gasteiger partial charge in [0.25, 0.3) is 0 Å². The number of hydrogen-bond acceptors (Lipinski definition) is 4. The second kappa shape index (κ2) is 7.43. The fourth-order valence-electron chi connectivity index (χ4n) is 2.37. The summed E-state index contributed by atoms with van der Waals surface area (Å²) in [4.78, 5) is 0.145. The van der Waals surface area contributed by atoms with E-state index in [4.69, 9.17) is 16.9 Å². The summed E-state index contributed by atoms with van der Waals surface area (Å²) >= 11 is 5.91. The molecule has 1 aliphatic rings. The summed E-state index contributed by atoms with van der Waals surface area (Å²) in [6.07, 6.45) is 0.851. The van der Waals surface area contributed by atoms with E-state index >= 15 is 0 Å². The molecular formula is C13H17Cl2N3O2S. The molecular weight excluding hydrogens is 333 g/mol. The zero-order valence-corrected chi connectivity index (χ0v) is 13.9. The predicted octanol–water partition coefficient (Wildman–Crippen LogP) is 1.86. The number of benzene rings is 1. The van der Waals surface area contributed by atoms with Crippen molar-refractivity contribution in [3.63, 3.8) is 0 Å². The van der Waals surface area contributed by atoms with Crippen LogP contribution >= 0.6 is 24.0 Å². The summed E-state index contributed by atoms with van der Waals surface area (Å²) < 4.78 is 26.5. The third-order valence-electron chi connectivity index (χ3n) is 3.44. The van der Waals surface area contributed by atoms with Crippen molar-refractivity contribution in [2.45, 2.75) is 11.3 Å². The van der Waals surface area contributed by atoms with Crippen LogP contribution in [0.4, 0.5) is 0 Å². The summed E-state index contributed by atoms with van der Waals surface area (Å²) in [5.41, 5.74) is 0.278. The van der Waals surface area contributed by atoms with Crippen molar-refractivity contribution in [1.29, 1.82) is 5.26 Å². The summed E-state index contributed by atoms with van der Waals surface area (Å²) in [6, 6.07) is 6.14. The van der Waals surface area contributed by atoms with Crippen molar-refractivity contribution in [1.82, 2.24) is 9.62 Å². The lowest BCUT2D eigenvalue weighted by molar-refractivity contribution is 0.451. The van der Waals surface area contributed by atoms with Gasteiger partial charge in [0.2, 0.25) is 10.0 Å². The Kier molecular flexibility index (Phi) is 6.44. The van der Waals surface area contributed by atoms with Crippen LogP contribution in [-0.4, -0.2) is 39.4 Å². The molecule has 0 spiro atoms. The molecule has 1 aromatic rings. The fourth-order valence-corrected chi connectivity index (χ4v) is 4.21. The van der Waals surface area contributed by atoms with E-state index in [2.05, 4.69) is 5.32 Å². The van der Waals surface area contributed by atoms with Crippen molar-refractivity contribution in [3.05, 3.63) is 28.8 Å². The van der Waals surface area contributed by atoms with Gasteiger partial charge in [-0.05, 0) is 44.1 Å². The average molecular weight is 350 g/mol. The van der Waals surface area contributed by atoms with E-state index in [0.717, 1.165) is 13.0 Å². The van der Waals surface area contributed by atoms with Crippen LogP contribution < -0.4 is 5.32 Å². The van der Waals surface area contributed by atoms with Gasteiger partial charge in [-0.15, -0.1) is 12.4 Å². The van der Waals surface area contributed by atoms with Crippen LogP contribution in [0.1, 0.15) is 12.0 Å². The molecule has 1 saturated heterocycles. The molecule has 1 aliphatic heterocycles. The maximum absolute atomic E-state index is 12.5. The zero-order chi connectivity index (χ0) is 14.8. The van der Waals surface area contributed by atoms with Crippen LogP contribution in [0.2, 0.25) is 5.02 Å². The number of halogens is 2. The molecule has 0 aromatic heterocycles. The van der Waals surface area contributed by atoms with Gasteiger partial charge in [0.15, 0.2) is 0 Å². The number of nitrogens with zero attached hydrogens (tertiary/aromatic N) is 2. The molecule has 0 aliphatic carbocycles. The molecule has 1 heterocycles. The molecule has 1 N–H and O–H groups in total. The predicted molar refractivity (Wildman–Crippen MR) is 84.2 cm³/mol. The SMILES string of the molecule is CNCC1CCN(S(=O)(=O)c2ccc(C#N)c(Cl)c2)C1.Cl. The minimum Gasteiger partial charge on any atom is -0.319 e. The highest BCUT2D eigenvalue weighted by atomic mass is 35.5. The number of nitrogens with one attached hydrogen (secondary N) is 1. The Labute approximate surface area is 136 Å². The van der Waals surface area contributed by atoms with Crippen LogP contribution in [0.5, 0.6) is 0 Å². The van der Waals surface area contributed by atoms with Crippen LogP contribution in [0.15, 0.2) is 23.1 Å². The second-order valence-electron chi connectivity index (χ2n) is 4.83. The summed E-state index contributed by atoms with van der Waals surface area (Å²) in [5.74, 6) is 0.337. The topological polar surface area (TPSA) is 73.2 Å². The first-order valence-corrected chi connectivity index (χ1v) is 8.15. The molecule has 1 unspecified atom stereocenters. The lowest BCUT2D eigenvalue weighted by Crippen LogP contribution is -2.30. The first-order valence-electron chi connectivity index (χ1n) is 6.33. The number of rotatable bonds is 4. The normalized spacial score (nSPS) is 19.0. The van der Waals surface area contributed by atoms with Gasteiger partial charge in [-0.25, -0.2) is 8.42 Å². The molecule has 0 bridgehead atoms. The summed E-state index contributed by atoms with van der Waals surface area (Å²) in [6.45, 7) is 1.84. The standard InChI is InChI=1S/C13H16ClN3O2S.ClH/c1-16-8-10-4-5-17(9-10)20(18,19)12-3-2-11(7-15)13(14)6-12;/h2-3,6,10,16H,4-5,8-9H2,1H3;1H. The molecule has 5 nitrogen and oxygen atoms in total. The Morgan fingerprint density at radius 3 is 2.81 bits per heavy atom. The molecule has 8 heteroatoms. The molecule has 116 valence electrons. The quantitative estimate of drug-likeness (QED) is 0.900. The van der Waals surface area contributed by atoms with Crippen LogP contribution in [-0.2, 0) is 10.0 Å². The number of sulfonamides is 1. The fraction of sp³-hybridized carbons (Fsp3) is 0.462. The van der Waals surface area contributed by atoms with Gasteiger partial charge in [-0.3, -0.25) is 0 Å². The van der Waals surface area contributed by atoms with E-state index in [1.165, 1.54) is 22.5 Å². The lowest BCUT2D eigenvalue weighted by Gasteiger charge is -2.17. The van der Waals surface area contributed by atoms with Crippen molar-refractivity contribution in [2.75, 3.05) is 26.7 Å². The molecule has 2 rings (SSSR count). The Hall–Kier alpha value is -0.840. The van der Waals surface area contributed by atoms with Gasteiger partial charge in [0, 0.05) is 13.1 Å². The minimum absolute atomic E-state index is 0. The lowest BCUT2D eigenvalue weighted by atomic mass is 10.1. The zero-order valence-electron chi connectivity index (χ0n) is 11.5. The van der Waals surface area contributed by atoms with E-state index < -0.39 is 10.0 Å². The van der Waals surface area contributed by atoms with Crippen molar-refractivity contribution in [2.24, 2.45) is 5.92 Å². The van der Waals surface area contributed by atoms with Gasteiger partial charge >= 0.3 is 0 Å². The first-order chi connectivity index (χ1) is 9.48. The monoisotopic (exact) mass is 349 g/mol.